The molecule has 0 amide bonds. The number of ether oxygens (including phenoxy) is 1. The standard InChI is InChI=1S/C39H31NO/c1-40(2)29-19-17-28(18-20-29)39(27-11-4-3-5-12-27)25-24-36-34-23-22-31-30-13-7-6-10-26(30)16-21-33(31)37(34)32-14-8-9-15-35(32)38(36)41-39/h3-21,24-25H,22-23H2,1-2H3. The Morgan fingerprint density at radius 1 is 0.610 bits per heavy atom. The molecule has 2 aliphatic rings. The molecular formula is C39H31NO. The van der Waals surface area contributed by atoms with E-state index in [2.05, 4.69) is 146 Å². The third kappa shape index (κ3) is 3.57. The van der Waals surface area contributed by atoms with E-state index < -0.39 is 5.60 Å². The van der Waals surface area contributed by atoms with Crippen molar-refractivity contribution in [2.45, 2.75) is 18.4 Å². The van der Waals surface area contributed by atoms with Gasteiger partial charge in [-0.05, 0) is 69.5 Å². The Morgan fingerprint density at radius 2 is 1.27 bits per heavy atom. The summed E-state index contributed by atoms with van der Waals surface area (Å²) in [6.07, 6.45) is 6.63. The van der Waals surface area contributed by atoms with Crippen LogP contribution in [0.3, 0.4) is 0 Å². The van der Waals surface area contributed by atoms with Gasteiger partial charge in [-0.15, -0.1) is 0 Å². The summed E-state index contributed by atoms with van der Waals surface area (Å²) in [6, 6.07) is 41.6. The highest BCUT2D eigenvalue weighted by molar-refractivity contribution is 6.08. The van der Waals surface area contributed by atoms with Gasteiger partial charge in [-0.3, -0.25) is 0 Å². The van der Waals surface area contributed by atoms with E-state index in [1.807, 2.05) is 0 Å². The van der Waals surface area contributed by atoms with Crippen molar-refractivity contribution in [2.24, 2.45) is 0 Å². The van der Waals surface area contributed by atoms with Crippen LogP contribution < -0.4 is 9.64 Å². The molecule has 6 aromatic rings. The van der Waals surface area contributed by atoms with Crippen molar-refractivity contribution in [3.05, 3.63) is 149 Å². The summed E-state index contributed by atoms with van der Waals surface area (Å²) >= 11 is 0. The monoisotopic (exact) mass is 529 g/mol. The van der Waals surface area contributed by atoms with Crippen LogP contribution in [-0.4, -0.2) is 14.1 Å². The first-order valence-electron chi connectivity index (χ1n) is 14.4. The van der Waals surface area contributed by atoms with Crippen LogP contribution in [0, 0.1) is 0 Å². The fraction of sp³-hybridized carbons (Fsp3) is 0.128. The lowest BCUT2D eigenvalue weighted by Gasteiger charge is -2.38. The number of rotatable bonds is 3. The topological polar surface area (TPSA) is 12.5 Å². The summed E-state index contributed by atoms with van der Waals surface area (Å²) in [5.74, 6) is 0.978. The number of anilines is 1. The zero-order valence-corrected chi connectivity index (χ0v) is 23.4. The van der Waals surface area contributed by atoms with Gasteiger partial charge >= 0.3 is 0 Å². The summed E-state index contributed by atoms with van der Waals surface area (Å²) < 4.78 is 7.33. The molecule has 8 rings (SSSR count). The Balaban J connectivity index is 1.38. The molecule has 2 nitrogen and oxygen atoms in total. The molecule has 0 saturated carbocycles. The predicted molar refractivity (Wildman–Crippen MR) is 172 cm³/mol. The number of fused-ring (bicyclic) bond motifs is 10. The fourth-order valence-corrected chi connectivity index (χ4v) is 6.99. The minimum absolute atomic E-state index is 0.723. The van der Waals surface area contributed by atoms with Crippen LogP contribution in [0.1, 0.15) is 27.8 Å². The number of aryl methyl sites for hydroxylation is 1. The van der Waals surface area contributed by atoms with Gasteiger partial charge in [0, 0.05) is 41.9 Å². The molecule has 198 valence electrons. The highest BCUT2D eigenvalue weighted by atomic mass is 16.5. The number of hydrogen-bond donors (Lipinski definition) is 0. The molecule has 1 aliphatic heterocycles. The zero-order valence-electron chi connectivity index (χ0n) is 23.4. The molecule has 1 unspecified atom stereocenters. The van der Waals surface area contributed by atoms with Gasteiger partial charge in [0.15, 0.2) is 5.60 Å². The molecule has 1 aliphatic carbocycles. The molecule has 41 heavy (non-hydrogen) atoms. The molecule has 1 heterocycles. The van der Waals surface area contributed by atoms with Crippen LogP contribution in [0.2, 0.25) is 0 Å². The van der Waals surface area contributed by atoms with Gasteiger partial charge < -0.3 is 9.64 Å². The molecular weight excluding hydrogens is 498 g/mol. The SMILES string of the molecule is CN(C)c1ccc(C2(c3ccccc3)C=Cc3c4c(c5ccccc5c3O2)-c2ccc3ccccc3c2CC4)cc1. The van der Waals surface area contributed by atoms with Crippen LogP contribution >= 0.6 is 0 Å². The van der Waals surface area contributed by atoms with E-state index in [4.69, 9.17) is 4.74 Å². The fourth-order valence-electron chi connectivity index (χ4n) is 6.99. The first-order valence-corrected chi connectivity index (χ1v) is 14.4. The second-order valence-electron chi connectivity index (χ2n) is 11.4. The molecule has 2 heteroatoms. The van der Waals surface area contributed by atoms with E-state index in [0.29, 0.717) is 0 Å². The predicted octanol–water partition coefficient (Wildman–Crippen LogP) is 9.17. The lowest BCUT2D eigenvalue weighted by molar-refractivity contribution is 0.163. The second kappa shape index (κ2) is 9.11. The van der Waals surface area contributed by atoms with Crippen molar-refractivity contribution in [2.75, 3.05) is 19.0 Å². The zero-order chi connectivity index (χ0) is 27.6. The molecule has 0 spiro atoms. The minimum Gasteiger partial charge on any atom is -0.472 e. The van der Waals surface area contributed by atoms with Gasteiger partial charge in [0.1, 0.15) is 5.75 Å². The highest BCUT2D eigenvalue weighted by Gasteiger charge is 2.39. The molecule has 6 aromatic carbocycles. The average Bonchev–Trinajstić information content (AvgIpc) is 3.04. The lowest BCUT2D eigenvalue weighted by Crippen LogP contribution is -2.34. The third-order valence-electron chi connectivity index (χ3n) is 9.01. The van der Waals surface area contributed by atoms with Crippen molar-refractivity contribution >= 4 is 33.3 Å². The maximum absolute atomic E-state index is 7.33. The highest BCUT2D eigenvalue weighted by Crippen LogP contribution is 2.52. The first-order chi connectivity index (χ1) is 20.1. The molecule has 0 saturated heterocycles. The maximum atomic E-state index is 7.33. The smallest absolute Gasteiger partial charge is 0.178 e. The van der Waals surface area contributed by atoms with Crippen LogP contribution in [0.25, 0.3) is 38.7 Å². The van der Waals surface area contributed by atoms with Crippen molar-refractivity contribution in [3.63, 3.8) is 0 Å². The molecule has 0 fully saturated rings. The van der Waals surface area contributed by atoms with Crippen molar-refractivity contribution < 1.29 is 4.74 Å². The van der Waals surface area contributed by atoms with Crippen molar-refractivity contribution in [1.82, 2.24) is 0 Å². The van der Waals surface area contributed by atoms with Crippen LogP contribution in [0.15, 0.2) is 121 Å². The number of hydrogen-bond acceptors (Lipinski definition) is 2. The van der Waals surface area contributed by atoms with Crippen LogP contribution in [0.4, 0.5) is 5.69 Å². The minimum atomic E-state index is -0.723. The van der Waals surface area contributed by atoms with Crippen LogP contribution in [-0.2, 0) is 18.4 Å². The average molecular weight is 530 g/mol. The van der Waals surface area contributed by atoms with Gasteiger partial charge in [0.2, 0.25) is 0 Å². The van der Waals surface area contributed by atoms with Gasteiger partial charge in [-0.25, -0.2) is 0 Å². The normalized spacial score (nSPS) is 17.0. The quantitative estimate of drug-likeness (QED) is 0.227. The maximum Gasteiger partial charge on any atom is 0.178 e. The van der Waals surface area contributed by atoms with E-state index in [1.54, 1.807) is 0 Å². The van der Waals surface area contributed by atoms with E-state index in [0.717, 1.165) is 35.1 Å². The van der Waals surface area contributed by atoms with Crippen molar-refractivity contribution in [1.29, 1.82) is 0 Å². The molecule has 1 atom stereocenters. The van der Waals surface area contributed by atoms with Gasteiger partial charge in [0.05, 0.1) is 0 Å². The second-order valence-corrected chi connectivity index (χ2v) is 11.4. The molecule has 0 bridgehead atoms. The van der Waals surface area contributed by atoms with E-state index in [-0.39, 0.29) is 0 Å². The molecule has 0 aromatic heterocycles. The van der Waals surface area contributed by atoms with Gasteiger partial charge in [-0.2, -0.15) is 0 Å². The number of benzene rings is 6. The Morgan fingerprint density at radius 3 is 2.05 bits per heavy atom. The Bertz CT molecular complexity index is 1990. The Kier molecular flexibility index (Phi) is 5.33. The Hall–Kier alpha value is -4.82. The largest absolute Gasteiger partial charge is 0.472 e. The van der Waals surface area contributed by atoms with Crippen LogP contribution in [0.5, 0.6) is 5.75 Å². The lowest BCUT2D eigenvalue weighted by atomic mass is 9.76. The van der Waals surface area contributed by atoms with E-state index in [1.165, 1.54) is 49.7 Å². The summed E-state index contributed by atoms with van der Waals surface area (Å²) in [6.45, 7) is 0. The molecule has 0 N–H and O–H groups in total. The van der Waals surface area contributed by atoms with Crippen molar-refractivity contribution in [3.8, 4) is 16.9 Å². The summed E-state index contributed by atoms with van der Waals surface area (Å²) in [4.78, 5) is 2.13. The van der Waals surface area contributed by atoms with Gasteiger partial charge in [0.25, 0.3) is 0 Å². The summed E-state index contributed by atoms with van der Waals surface area (Å²) in [5.41, 5.74) is 9.48. The number of nitrogens with zero attached hydrogens (tertiary/aromatic N) is 1. The van der Waals surface area contributed by atoms with Gasteiger partial charge in [-0.1, -0.05) is 109 Å². The van der Waals surface area contributed by atoms with E-state index >= 15 is 0 Å². The summed E-state index contributed by atoms with van der Waals surface area (Å²) in [7, 11) is 4.15. The van der Waals surface area contributed by atoms with E-state index in [9.17, 15) is 0 Å². The Labute approximate surface area is 241 Å². The third-order valence-corrected chi connectivity index (χ3v) is 9.01. The first kappa shape index (κ1) is 24.0. The summed E-state index contributed by atoms with van der Waals surface area (Å²) in [5, 5.41) is 5.11. The molecule has 0 radical (unpaired) electrons.